The van der Waals surface area contributed by atoms with E-state index in [1.54, 1.807) is 24.4 Å². The summed E-state index contributed by atoms with van der Waals surface area (Å²) in [5, 5.41) is 9.66. The number of hydrogen-bond donors (Lipinski definition) is 3. The predicted octanol–water partition coefficient (Wildman–Crippen LogP) is 2.58. The van der Waals surface area contributed by atoms with Gasteiger partial charge in [-0.1, -0.05) is 0 Å². The molecule has 1 aliphatic heterocycles. The van der Waals surface area contributed by atoms with E-state index in [9.17, 15) is 9.18 Å². The topological polar surface area (TPSA) is 112 Å². The Labute approximate surface area is 170 Å². The number of aromatic amines is 2. The van der Waals surface area contributed by atoms with Crippen molar-refractivity contribution in [3.8, 4) is 11.5 Å². The number of carbonyl (C=O) groups excluding carboxylic acids is 1. The van der Waals surface area contributed by atoms with Gasteiger partial charge in [0, 0.05) is 25.4 Å². The summed E-state index contributed by atoms with van der Waals surface area (Å²) in [6, 6.07) is 9.53. The van der Waals surface area contributed by atoms with Gasteiger partial charge in [0.05, 0.1) is 29.8 Å². The number of ether oxygens (including phenoxy) is 1. The number of imidazole rings is 1. The molecule has 10 heteroatoms. The summed E-state index contributed by atoms with van der Waals surface area (Å²) < 4.78 is 18.7. The van der Waals surface area contributed by atoms with E-state index in [1.165, 1.54) is 12.1 Å². The van der Waals surface area contributed by atoms with Crippen LogP contribution in [0.3, 0.4) is 0 Å². The van der Waals surface area contributed by atoms with Crippen molar-refractivity contribution in [2.45, 2.75) is 0 Å². The van der Waals surface area contributed by atoms with Crippen molar-refractivity contribution in [1.82, 2.24) is 25.1 Å². The van der Waals surface area contributed by atoms with E-state index in [4.69, 9.17) is 4.74 Å². The first kappa shape index (κ1) is 18.3. The van der Waals surface area contributed by atoms with E-state index in [2.05, 4.69) is 35.4 Å². The summed E-state index contributed by atoms with van der Waals surface area (Å²) in [6.07, 6.45) is 1.54. The highest BCUT2D eigenvalue weighted by Crippen LogP contribution is 2.22. The lowest BCUT2D eigenvalue weighted by atomic mass is 10.2. The van der Waals surface area contributed by atoms with E-state index in [1.807, 2.05) is 6.07 Å². The number of aromatic nitrogens is 5. The Balaban J connectivity index is 1.29. The van der Waals surface area contributed by atoms with Gasteiger partial charge in [-0.25, -0.2) is 14.4 Å². The fraction of sp³-hybridized carbons (Fsp3) is 0.200. The fourth-order valence-corrected chi connectivity index (χ4v) is 3.30. The smallest absolute Gasteiger partial charge is 0.258 e. The number of halogens is 1. The molecule has 4 aromatic rings. The van der Waals surface area contributed by atoms with Gasteiger partial charge in [-0.3, -0.25) is 9.89 Å². The first-order valence-electron chi connectivity index (χ1n) is 9.47. The van der Waals surface area contributed by atoms with Gasteiger partial charge >= 0.3 is 0 Å². The fourth-order valence-electron chi connectivity index (χ4n) is 3.30. The molecule has 0 saturated carbocycles. The molecule has 3 aromatic heterocycles. The lowest BCUT2D eigenvalue weighted by molar-refractivity contribution is 0.102. The van der Waals surface area contributed by atoms with E-state index in [-0.39, 0.29) is 11.7 Å². The molecule has 0 atom stereocenters. The van der Waals surface area contributed by atoms with E-state index >= 15 is 0 Å². The molecule has 9 nitrogen and oxygen atoms in total. The number of rotatable bonds is 4. The van der Waals surface area contributed by atoms with Crippen LogP contribution < -0.4 is 10.2 Å². The number of carbonyl (C=O) groups is 1. The molecule has 3 N–H and O–H groups in total. The Kier molecular flexibility index (Phi) is 4.60. The van der Waals surface area contributed by atoms with E-state index in [0.717, 1.165) is 18.9 Å². The highest BCUT2D eigenvalue weighted by Gasteiger charge is 2.15. The molecule has 1 aliphatic rings. The number of nitrogens with one attached hydrogen (secondary N) is 3. The van der Waals surface area contributed by atoms with Gasteiger partial charge in [-0.2, -0.15) is 5.10 Å². The number of morpholine rings is 1. The van der Waals surface area contributed by atoms with Crippen molar-refractivity contribution in [2.75, 3.05) is 36.5 Å². The minimum Gasteiger partial charge on any atom is -0.378 e. The zero-order valence-electron chi connectivity index (χ0n) is 15.9. The first-order valence-corrected chi connectivity index (χ1v) is 9.47. The molecule has 1 fully saturated rings. The summed E-state index contributed by atoms with van der Waals surface area (Å²) >= 11 is 0. The zero-order valence-corrected chi connectivity index (χ0v) is 15.9. The molecule has 0 aliphatic carbocycles. The molecule has 0 radical (unpaired) electrons. The Morgan fingerprint density at radius 1 is 1.17 bits per heavy atom. The minimum atomic E-state index is -0.344. The van der Waals surface area contributed by atoms with Crippen molar-refractivity contribution >= 4 is 28.6 Å². The highest BCUT2D eigenvalue weighted by molar-refractivity contribution is 6.03. The Morgan fingerprint density at radius 3 is 2.83 bits per heavy atom. The van der Waals surface area contributed by atoms with Crippen LogP contribution in [0.1, 0.15) is 10.4 Å². The minimum absolute atomic E-state index is 0.319. The van der Waals surface area contributed by atoms with Crippen molar-refractivity contribution in [2.24, 2.45) is 0 Å². The number of nitrogens with zero attached hydrogens (tertiary/aromatic N) is 4. The van der Waals surface area contributed by atoms with Crippen LogP contribution in [0.15, 0.2) is 42.6 Å². The Morgan fingerprint density at radius 2 is 2.03 bits per heavy atom. The maximum absolute atomic E-state index is 13.4. The van der Waals surface area contributed by atoms with E-state index in [0.29, 0.717) is 47.1 Å². The van der Waals surface area contributed by atoms with Crippen molar-refractivity contribution in [3.63, 3.8) is 0 Å². The summed E-state index contributed by atoms with van der Waals surface area (Å²) in [4.78, 5) is 26.5. The monoisotopic (exact) mass is 407 g/mol. The molecule has 30 heavy (non-hydrogen) atoms. The summed E-state index contributed by atoms with van der Waals surface area (Å²) in [5.41, 5.74) is 2.22. The highest BCUT2D eigenvalue weighted by atomic mass is 19.1. The lowest BCUT2D eigenvalue weighted by Gasteiger charge is -2.27. The number of hydrogen-bond acceptors (Lipinski definition) is 6. The van der Waals surface area contributed by atoms with Crippen molar-refractivity contribution in [1.29, 1.82) is 0 Å². The average molecular weight is 407 g/mol. The molecular weight excluding hydrogens is 389 g/mol. The number of pyridine rings is 1. The Hall–Kier alpha value is -3.79. The number of H-pyrrole nitrogens is 2. The number of fused-ring (bicyclic) bond motifs is 1. The van der Waals surface area contributed by atoms with E-state index < -0.39 is 0 Å². The van der Waals surface area contributed by atoms with Crippen LogP contribution in [0.5, 0.6) is 0 Å². The van der Waals surface area contributed by atoms with Crippen LogP contribution in [-0.4, -0.2) is 57.4 Å². The van der Waals surface area contributed by atoms with Crippen LogP contribution >= 0.6 is 0 Å². The van der Waals surface area contributed by atoms with Crippen LogP contribution in [-0.2, 0) is 4.74 Å². The van der Waals surface area contributed by atoms with Gasteiger partial charge in [-0.05, 0) is 30.3 Å². The molecule has 1 saturated heterocycles. The normalized spacial score (nSPS) is 14.2. The molecule has 0 bridgehead atoms. The number of benzene rings is 1. The maximum atomic E-state index is 13.4. The van der Waals surface area contributed by atoms with Gasteiger partial charge in [-0.15, -0.1) is 0 Å². The van der Waals surface area contributed by atoms with Crippen molar-refractivity contribution < 1.29 is 13.9 Å². The molecule has 1 amide bonds. The average Bonchev–Trinajstić information content (AvgIpc) is 3.41. The molecule has 1 aromatic carbocycles. The third kappa shape index (κ3) is 3.60. The van der Waals surface area contributed by atoms with Crippen LogP contribution in [0, 0.1) is 5.82 Å². The van der Waals surface area contributed by atoms with Gasteiger partial charge in [0.1, 0.15) is 17.3 Å². The largest absolute Gasteiger partial charge is 0.378 e. The summed E-state index contributed by atoms with van der Waals surface area (Å²) in [6.45, 7) is 2.91. The SMILES string of the molecule is O=C(Nc1cc(-c2nc3ccc(F)cc3[nH]2)[nH]n1)c1ccc(N2CCOCC2)nc1. The number of anilines is 2. The molecule has 0 unspecified atom stereocenters. The zero-order chi connectivity index (χ0) is 20.5. The lowest BCUT2D eigenvalue weighted by Crippen LogP contribution is -2.36. The standard InChI is InChI=1S/C20H18FN7O2/c21-13-2-3-14-15(9-13)24-19(23-14)16-10-17(27-26-16)25-20(29)12-1-4-18(22-11-12)28-5-7-30-8-6-28/h1-4,9-11H,5-8H2,(H,23,24)(H2,25,26,27,29). The second kappa shape index (κ2) is 7.56. The summed E-state index contributed by atoms with van der Waals surface area (Å²) in [5.74, 6) is 1.00. The van der Waals surface area contributed by atoms with Gasteiger partial charge in [0.15, 0.2) is 11.6 Å². The molecule has 0 spiro atoms. The molecule has 4 heterocycles. The van der Waals surface area contributed by atoms with Crippen molar-refractivity contribution in [3.05, 3.63) is 54.0 Å². The number of amides is 1. The van der Waals surface area contributed by atoms with Gasteiger partial charge in [0.2, 0.25) is 0 Å². The maximum Gasteiger partial charge on any atom is 0.258 e. The summed E-state index contributed by atoms with van der Waals surface area (Å²) in [7, 11) is 0. The van der Waals surface area contributed by atoms with Gasteiger partial charge in [0.25, 0.3) is 5.91 Å². The molecular formula is C20H18FN7O2. The first-order chi connectivity index (χ1) is 14.7. The molecule has 152 valence electrons. The second-order valence-corrected chi connectivity index (χ2v) is 6.87. The Bertz CT molecular complexity index is 1200. The van der Waals surface area contributed by atoms with Crippen LogP contribution in [0.4, 0.5) is 16.0 Å². The van der Waals surface area contributed by atoms with Crippen LogP contribution in [0.25, 0.3) is 22.6 Å². The quantitative estimate of drug-likeness (QED) is 0.479. The third-order valence-corrected chi connectivity index (χ3v) is 4.86. The van der Waals surface area contributed by atoms with Crippen LogP contribution in [0.2, 0.25) is 0 Å². The predicted molar refractivity (Wildman–Crippen MR) is 109 cm³/mol. The third-order valence-electron chi connectivity index (χ3n) is 4.86. The molecule has 5 rings (SSSR count). The second-order valence-electron chi connectivity index (χ2n) is 6.87. The van der Waals surface area contributed by atoms with Gasteiger partial charge < -0.3 is 19.9 Å².